The second-order valence-corrected chi connectivity index (χ2v) is 10.9. The van der Waals surface area contributed by atoms with E-state index in [1.807, 2.05) is 13.8 Å². The number of rotatable bonds is 1. The first kappa shape index (κ1) is 18.5. The first-order chi connectivity index (χ1) is 13.6. The van der Waals surface area contributed by atoms with Gasteiger partial charge in [-0.3, -0.25) is 14.4 Å². The normalized spacial score (nSPS) is 56.1. The van der Waals surface area contributed by atoms with Crippen LogP contribution in [0.4, 0.5) is 0 Å². The zero-order valence-corrected chi connectivity index (χ0v) is 17.1. The molecule has 0 radical (unpaired) electrons. The van der Waals surface area contributed by atoms with Crippen molar-refractivity contribution < 1.29 is 33.7 Å². The lowest BCUT2D eigenvalue weighted by atomic mass is 9.37. The molecule has 0 amide bonds. The smallest absolute Gasteiger partial charge is 0.303 e. The van der Waals surface area contributed by atoms with E-state index in [0.29, 0.717) is 25.9 Å². The summed E-state index contributed by atoms with van der Waals surface area (Å²) in [5.41, 5.74) is -3.09. The number of Topliss-reactive ketones (excluding diaryl/α,β-unsaturated/α-hetero) is 2. The Bertz CT molecular complexity index is 844. The number of carbonyl (C=O) groups excluding carboxylic acids is 3. The van der Waals surface area contributed by atoms with Crippen LogP contribution in [0, 0.1) is 34.0 Å². The molecule has 3 spiro atoms. The van der Waals surface area contributed by atoms with Crippen molar-refractivity contribution in [1.29, 1.82) is 0 Å². The van der Waals surface area contributed by atoms with Crippen LogP contribution in [0.1, 0.15) is 46.5 Å². The first-order valence-electron chi connectivity index (χ1n) is 10.8. The van der Waals surface area contributed by atoms with Crippen LogP contribution in [-0.2, 0) is 28.6 Å². The summed E-state index contributed by atoms with van der Waals surface area (Å²) >= 11 is 0. The molecule has 7 heteroatoms. The van der Waals surface area contributed by atoms with Crippen molar-refractivity contribution in [2.24, 2.45) is 34.0 Å². The summed E-state index contributed by atoms with van der Waals surface area (Å²) in [6.45, 7) is 6.06. The van der Waals surface area contributed by atoms with Crippen molar-refractivity contribution in [1.82, 2.24) is 0 Å². The maximum atomic E-state index is 13.9. The van der Waals surface area contributed by atoms with Crippen molar-refractivity contribution in [3.05, 3.63) is 0 Å². The van der Waals surface area contributed by atoms with Gasteiger partial charge in [0, 0.05) is 19.3 Å². The Balaban J connectivity index is 1.58. The molecule has 0 unspecified atom stereocenters. The summed E-state index contributed by atoms with van der Waals surface area (Å²) < 4.78 is 17.8. The van der Waals surface area contributed by atoms with Gasteiger partial charge in [-0.25, -0.2) is 0 Å². The molecule has 0 aromatic rings. The van der Waals surface area contributed by atoms with Gasteiger partial charge in [-0.15, -0.1) is 0 Å². The third-order valence-corrected chi connectivity index (χ3v) is 9.64. The van der Waals surface area contributed by atoms with Gasteiger partial charge in [0.1, 0.15) is 23.6 Å². The van der Waals surface area contributed by atoms with Gasteiger partial charge < -0.3 is 19.3 Å². The highest BCUT2D eigenvalue weighted by atomic mass is 16.6. The van der Waals surface area contributed by atoms with Crippen molar-refractivity contribution in [3.63, 3.8) is 0 Å². The molecule has 4 bridgehead atoms. The minimum Gasteiger partial charge on any atom is -0.458 e. The second-order valence-electron chi connectivity index (χ2n) is 10.9. The Morgan fingerprint density at radius 3 is 2.52 bits per heavy atom. The number of aliphatic hydroxyl groups is 1. The Morgan fingerprint density at radius 2 is 1.90 bits per heavy atom. The summed E-state index contributed by atoms with van der Waals surface area (Å²) in [5, 5.41) is 11.4. The summed E-state index contributed by atoms with van der Waals surface area (Å²) in [6, 6.07) is 0. The quantitative estimate of drug-likeness (QED) is 0.515. The van der Waals surface area contributed by atoms with Crippen LogP contribution in [0.5, 0.6) is 0 Å². The van der Waals surface area contributed by atoms with E-state index in [-0.39, 0.29) is 36.1 Å². The number of aliphatic hydroxyl groups excluding tert-OH is 1. The van der Waals surface area contributed by atoms with Crippen LogP contribution in [-0.4, -0.2) is 59.8 Å². The molecule has 4 aliphatic carbocycles. The zero-order chi connectivity index (χ0) is 20.6. The lowest BCUT2D eigenvalue weighted by molar-refractivity contribution is -0.276. The Kier molecular flexibility index (Phi) is 3.25. The maximum absolute atomic E-state index is 13.9. The molecule has 4 saturated carbocycles. The number of hydrogen-bond donors (Lipinski definition) is 1. The molecule has 158 valence electrons. The molecule has 3 aliphatic heterocycles. The van der Waals surface area contributed by atoms with Gasteiger partial charge in [0.05, 0.1) is 30.1 Å². The highest BCUT2D eigenvalue weighted by Crippen LogP contribution is 2.75. The van der Waals surface area contributed by atoms with E-state index in [2.05, 4.69) is 0 Å². The monoisotopic (exact) mass is 404 g/mol. The standard InChI is InChI=1S/C22H28O7/c1-10(23)29-18-20-7-11(22(18)9-28-22)4-5-12(20)21-8-27-14(6-13(21)24)19(2,3)16(21)15(25)17(20)26/h11-12,14-16,18,25H,4-9H2,1-3H3/t11-,12-,14+,15+,16-,18+,20-,21-,22-/m1/s1. The number of hydrogen-bond acceptors (Lipinski definition) is 7. The lowest BCUT2D eigenvalue weighted by Crippen LogP contribution is -2.77. The Hall–Kier alpha value is -1.31. The molecular weight excluding hydrogens is 376 g/mol. The minimum absolute atomic E-state index is 0.103. The molecule has 0 aromatic carbocycles. The van der Waals surface area contributed by atoms with Crippen LogP contribution >= 0.6 is 0 Å². The van der Waals surface area contributed by atoms with Crippen LogP contribution in [0.2, 0.25) is 0 Å². The Morgan fingerprint density at radius 1 is 1.17 bits per heavy atom. The fraction of sp³-hybridized carbons (Fsp3) is 0.864. The molecule has 7 rings (SSSR count). The van der Waals surface area contributed by atoms with Gasteiger partial charge in [-0.1, -0.05) is 13.8 Å². The average Bonchev–Trinajstić information content (AvgIpc) is 3.43. The molecule has 29 heavy (non-hydrogen) atoms. The number of esters is 1. The highest BCUT2D eigenvalue weighted by Gasteiger charge is 2.84. The fourth-order valence-corrected chi connectivity index (χ4v) is 8.56. The van der Waals surface area contributed by atoms with Gasteiger partial charge >= 0.3 is 5.97 Å². The number of epoxide rings is 1. The summed E-state index contributed by atoms with van der Waals surface area (Å²) in [7, 11) is 0. The fourth-order valence-electron chi connectivity index (χ4n) is 8.56. The van der Waals surface area contributed by atoms with E-state index in [4.69, 9.17) is 14.2 Å². The highest BCUT2D eigenvalue weighted by molar-refractivity contribution is 5.98. The molecule has 9 atom stereocenters. The molecular formula is C22H28O7. The number of fused-ring (bicyclic) bond motifs is 4. The average molecular weight is 404 g/mol. The molecule has 7 nitrogen and oxygen atoms in total. The van der Waals surface area contributed by atoms with Gasteiger partial charge in [0.2, 0.25) is 0 Å². The van der Waals surface area contributed by atoms with Crippen LogP contribution < -0.4 is 0 Å². The van der Waals surface area contributed by atoms with Crippen LogP contribution in [0.15, 0.2) is 0 Å². The summed E-state index contributed by atoms with van der Waals surface area (Å²) in [5.74, 6) is -1.27. The molecule has 7 aliphatic rings. The van der Waals surface area contributed by atoms with Gasteiger partial charge in [0.25, 0.3) is 0 Å². The predicted octanol–water partition coefficient (Wildman–Crippen LogP) is 1.05. The predicted molar refractivity (Wildman–Crippen MR) is 97.6 cm³/mol. The third kappa shape index (κ3) is 1.78. The molecule has 1 N–H and O–H groups in total. The maximum Gasteiger partial charge on any atom is 0.303 e. The Labute approximate surface area is 169 Å². The number of carbonyl (C=O) groups is 3. The van der Waals surface area contributed by atoms with Crippen LogP contribution in [0.25, 0.3) is 0 Å². The van der Waals surface area contributed by atoms with E-state index in [9.17, 15) is 19.5 Å². The molecule has 7 fully saturated rings. The topological polar surface area (TPSA) is 102 Å². The minimum atomic E-state index is -1.26. The lowest BCUT2D eigenvalue weighted by Gasteiger charge is -2.68. The largest absolute Gasteiger partial charge is 0.458 e. The molecule has 3 saturated heterocycles. The second kappa shape index (κ2) is 5.11. The van der Waals surface area contributed by atoms with Crippen molar-refractivity contribution in [2.45, 2.75) is 70.4 Å². The molecule has 0 aromatic heterocycles. The van der Waals surface area contributed by atoms with Crippen molar-refractivity contribution in [2.75, 3.05) is 13.2 Å². The van der Waals surface area contributed by atoms with Gasteiger partial charge in [0.15, 0.2) is 5.78 Å². The van der Waals surface area contributed by atoms with Crippen LogP contribution in [0.3, 0.4) is 0 Å². The number of ether oxygens (including phenoxy) is 3. The molecule has 3 heterocycles. The van der Waals surface area contributed by atoms with Gasteiger partial charge in [-0.2, -0.15) is 0 Å². The SMILES string of the molecule is CC(=O)O[C@@H]1[C@@]2(CO2)[C@@H]2CC[C@H]3[C@]45CO[C@@H](CC4=O)C(C)(C)[C@H]5[C@H](O)C(=O)[C@@]31C2. The van der Waals surface area contributed by atoms with E-state index in [1.54, 1.807) is 0 Å². The van der Waals surface area contributed by atoms with Crippen molar-refractivity contribution in [3.8, 4) is 0 Å². The zero-order valence-electron chi connectivity index (χ0n) is 17.1. The van der Waals surface area contributed by atoms with E-state index in [0.717, 1.165) is 6.42 Å². The van der Waals surface area contributed by atoms with E-state index >= 15 is 0 Å². The van der Waals surface area contributed by atoms with E-state index < -0.39 is 45.9 Å². The summed E-state index contributed by atoms with van der Waals surface area (Å²) in [4.78, 5) is 39.5. The van der Waals surface area contributed by atoms with Crippen molar-refractivity contribution >= 4 is 17.5 Å². The summed E-state index contributed by atoms with van der Waals surface area (Å²) in [6.07, 6.45) is 0.0795. The van der Waals surface area contributed by atoms with Gasteiger partial charge in [-0.05, 0) is 36.5 Å². The number of ketones is 2. The first-order valence-corrected chi connectivity index (χ1v) is 10.8. The third-order valence-electron chi connectivity index (χ3n) is 9.64. The van der Waals surface area contributed by atoms with E-state index in [1.165, 1.54) is 6.92 Å².